The van der Waals surface area contributed by atoms with E-state index >= 15 is 0 Å². The first kappa shape index (κ1) is 18.6. The van der Waals surface area contributed by atoms with Gasteiger partial charge in [0.15, 0.2) is 5.65 Å². The fraction of sp³-hybridized carbons (Fsp3) is 0.130. The van der Waals surface area contributed by atoms with Crippen molar-refractivity contribution in [2.24, 2.45) is 0 Å². The van der Waals surface area contributed by atoms with Crippen LogP contribution >= 0.6 is 0 Å². The van der Waals surface area contributed by atoms with Gasteiger partial charge in [-0.2, -0.15) is 0 Å². The Morgan fingerprint density at radius 2 is 1.86 bits per heavy atom. The summed E-state index contributed by atoms with van der Waals surface area (Å²) in [6.07, 6.45) is 2.45. The molecule has 1 N–H and O–H groups in total. The average Bonchev–Trinajstić information content (AvgIpc) is 2.75. The molecule has 2 aromatic carbocycles. The van der Waals surface area contributed by atoms with Gasteiger partial charge in [0.2, 0.25) is 5.91 Å². The SMILES string of the molecule is CCC(=O)Nc1cccc(-n2c(=O)c(Cc3ccccc3)nc3cccnc32)c1. The first-order valence-corrected chi connectivity index (χ1v) is 9.46. The van der Waals surface area contributed by atoms with Crippen molar-refractivity contribution in [1.29, 1.82) is 0 Å². The van der Waals surface area contributed by atoms with Crippen LogP contribution in [-0.4, -0.2) is 20.4 Å². The largest absolute Gasteiger partial charge is 0.326 e. The summed E-state index contributed by atoms with van der Waals surface area (Å²) in [6, 6.07) is 20.6. The molecule has 0 bridgehead atoms. The molecule has 4 rings (SSSR count). The lowest BCUT2D eigenvalue weighted by molar-refractivity contribution is -0.115. The van der Waals surface area contributed by atoms with Crippen molar-refractivity contribution >= 4 is 22.8 Å². The van der Waals surface area contributed by atoms with Gasteiger partial charge in [-0.25, -0.2) is 9.97 Å². The summed E-state index contributed by atoms with van der Waals surface area (Å²) in [5, 5.41) is 2.83. The molecular formula is C23H20N4O2. The van der Waals surface area contributed by atoms with Crippen molar-refractivity contribution in [2.75, 3.05) is 5.32 Å². The van der Waals surface area contributed by atoms with Crippen LogP contribution in [0.1, 0.15) is 24.6 Å². The number of anilines is 1. The first-order valence-electron chi connectivity index (χ1n) is 9.46. The van der Waals surface area contributed by atoms with Gasteiger partial charge in [0.25, 0.3) is 5.56 Å². The molecule has 0 spiro atoms. The molecule has 0 aliphatic heterocycles. The molecule has 2 aromatic heterocycles. The van der Waals surface area contributed by atoms with Gasteiger partial charge in [0.1, 0.15) is 11.2 Å². The van der Waals surface area contributed by atoms with Crippen molar-refractivity contribution in [3.05, 3.63) is 94.5 Å². The predicted octanol–water partition coefficient (Wildman–Crippen LogP) is 3.72. The van der Waals surface area contributed by atoms with Gasteiger partial charge in [-0.05, 0) is 35.9 Å². The molecule has 1 amide bonds. The zero-order valence-electron chi connectivity index (χ0n) is 16.0. The Balaban J connectivity index is 1.87. The number of nitrogens with zero attached hydrogens (tertiary/aromatic N) is 3. The number of fused-ring (bicyclic) bond motifs is 1. The Kier molecular flexibility index (Phi) is 5.16. The Morgan fingerprint density at radius 1 is 1.03 bits per heavy atom. The van der Waals surface area contributed by atoms with Crippen LogP contribution in [0, 0.1) is 0 Å². The highest BCUT2D eigenvalue weighted by Crippen LogP contribution is 2.18. The molecular weight excluding hydrogens is 364 g/mol. The number of hydrogen-bond donors (Lipinski definition) is 1. The van der Waals surface area contributed by atoms with Crippen LogP contribution < -0.4 is 10.9 Å². The zero-order valence-corrected chi connectivity index (χ0v) is 16.0. The number of carbonyl (C=O) groups is 1. The summed E-state index contributed by atoms with van der Waals surface area (Å²) < 4.78 is 1.56. The van der Waals surface area contributed by atoms with Gasteiger partial charge in [-0.1, -0.05) is 43.3 Å². The molecule has 144 valence electrons. The summed E-state index contributed by atoms with van der Waals surface area (Å²) in [7, 11) is 0. The molecule has 0 aliphatic carbocycles. The van der Waals surface area contributed by atoms with Gasteiger partial charge in [0, 0.05) is 24.7 Å². The summed E-state index contributed by atoms with van der Waals surface area (Å²) in [4.78, 5) is 34.1. The van der Waals surface area contributed by atoms with Crippen molar-refractivity contribution in [3.8, 4) is 5.69 Å². The number of amides is 1. The average molecular weight is 384 g/mol. The zero-order chi connectivity index (χ0) is 20.2. The first-order chi connectivity index (χ1) is 14.2. The van der Waals surface area contributed by atoms with Crippen molar-refractivity contribution in [2.45, 2.75) is 19.8 Å². The molecule has 0 fully saturated rings. The monoisotopic (exact) mass is 384 g/mol. The summed E-state index contributed by atoms with van der Waals surface area (Å²) in [6.45, 7) is 1.79. The van der Waals surface area contributed by atoms with E-state index in [1.165, 1.54) is 0 Å². The summed E-state index contributed by atoms with van der Waals surface area (Å²) in [5.74, 6) is -0.0861. The Hall–Kier alpha value is -3.80. The molecule has 0 saturated carbocycles. The van der Waals surface area contributed by atoms with Crippen LogP contribution in [0.25, 0.3) is 16.9 Å². The second-order valence-corrected chi connectivity index (χ2v) is 6.66. The van der Waals surface area contributed by atoms with Crippen LogP contribution in [0.15, 0.2) is 77.7 Å². The summed E-state index contributed by atoms with van der Waals surface area (Å²) >= 11 is 0. The molecule has 6 heteroatoms. The Labute approximate surface area is 167 Å². The van der Waals surface area contributed by atoms with E-state index in [4.69, 9.17) is 0 Å². The van der Waals surface area contributed by atoms with E-state index in [1.54, 1.807) is 42.0 Å². The maximum Gasteiger partial charge on any atom is 0.278 e. The topological polar surface area (TPSA) is 76.9 Å². The smallest absolute Gasteiger partial charge is 0.278 e. The lowest BCUT2D eigenvalue weighted by Crippen LogP contribution is -2.25. The molecule has 4 aromatic rings. The van der Waals surface area contributed by atoms with Gasteiger partial charge in [0.05, 0.1) is 5.69 Å². The van der Waals surface area contributed by atoms with Crippen LogP contribution in [0.5, 0.6) is 0 Å². The molecule has 0 aliphatic rings. The molecule has 2 heterocycles. The quantitative estimate of drug-likeness (QED) is 0.569. The number of nitrogens with one attached hydrogen (secondary N) is 1. The normalized spacial score (nSPS) is 10.8. The molecule has 0 atom stereocenters. The third-order valence-corrected chi connectivity index (χ3v) is 4.61. The minimum Gasteiger partial charge on any atom is -0.326 e. The maximum atomic E-state index is 13.4. The lowest BCUT2D eigenvalue weighted by Gasteiger charge is -2.13. The minimum absolute atomic E-state index is 0.0861. The summed E-state index contributed by atoms with van der Waals surface area (Å²) in [5.41, 5.74) is 3.61. The predicted molar refractivity (Wildman–Crippen MR) is 113 cm³/mol. The highest BCUT2D eigenvalue weighted by molar-refractivity contribution is 5.90. The van der Waals surface area contributed by atoms with Crippen molar-refractivity contribution < 1.29 is 4.79 Å². The third kappa shape index (κ3) is 3.91. The second-order valence-electron chi connectivity index (χ2n) is 6.66. The van der Waals surface area contributed by atoms with E-state index in [1.807, 2.05) is 42.5 Å². The standard InChI is InChI=1S/C23H20N4O2/c1-2-21(28)25-17-10-6-11-18(15-17)27-22-19(12-7-13-24-22)26-20(23(27)29)14-16-8-4-3-5-9-16/h3-13,15H,2,14H2,1H3,(H,25,28). The van der Waals surface area contributed by atoms with Crippen LogP contribution in [0.3, 0.4) is 0 Å². The fourth-order valence-corrected chi connectivity index (χ4v) is 3.18. The fourth-order valence-electron chi connectivity index (χ4n) is 3.18. The highest BCUT2D eigenvalue weighted by Gasteiger charge is 2.14. The number of hydrogen-bond acceptors (Lipinski definition) is 4. The second kappa shape index (κ2) is 8.06. The van der Waals surface area contributed by atoms with Crippen LogP contribution in [-0.2, 0) is 11.2 Å². The van der Waals surface area contributed by atoms with Crippen LogP contribution in [0.4, 0.5) is 5.69 Å². The van der Waals surface area contributed by atoms with E-state index in [2.05, 4.69) is 15.3 Å². The van der Waals surface area contributed by atoms with E-state index in [9.17, 15) is 9.59 Å². The van der Waals surface area contributed by atoms with E-state index < -0.39 is 0 Å². The Morgan fingerprint density at radius 3 is 2.66 bits per heavy atom. The molecule has 29 heavy (non-hydrogen) atoms. The van der Waals surface area contributed by atoms with Gasteiger partial charge >= 0.3 is 0 Å². The molecule has 6 nitrogen and oxygen atoms in total. The van der Waals surface area contributed by atoms with E-state index in [-0.39, 0.29) is 11.5 Å². The Bertz CT molecular complexity index is 1230. The molecule has 0 saturated heterocycles. The molecule has 0 radical (unpaired) electrons. The number of aromatic nitrogens is 3. The van der Waals surface area contributed by atoms with Gasteiger partial charge in [-0.3, -0.25) is 14.2 Å². The lowest BCUT2D eigenvalue weighted by atomic mass is 10.1. The number of rotatable bonds is 5. The number of carbonyl (C=O) groups excluding carboxylic acids is 1. The van der Waals surface area contributed by atoms with Crippen LogP contribution in [0.2, 0.25) is 0 Å². The highest BCUT2D eigenvalue weighted by atomic mass is 16.1. The van der Waals surface area contributed by atoms with Gasteiger partial charge in [-0.15, -0.1) is 0 Å². The van der Waals surface area contributed by atoms with E-state index in [0.29, 0.717) is 41.1 Å². The minimum atomic E-state index is -0.223. The maximum absolute atomic E-state index is 13.4. The number of pyridine rings is 1. The third-order valence-electron chi connectivity index (χ3n) is 4.61. The van der Waals surface area contributed by atoms with Crippen molar-refractivity contribution in [1.82, 2.24) is 14.5 Å². The number of benzene rings is 2. The van der Waals surface area contributed by atoms with E-state index in [0.717, 1.165) is 5.56 Å². The molecule has 0 unspecified atom stereocenters. The van der Waals surface area contributed by atoms with Gasteiger partial charge < -0.3 is 5.32 Å². The van der Waals surface area contributed by atoms with Crippen molar-refractivity contribution in [3.63, 3.8) is 0 Å².